The highest BCUT2D eigenvalue weighted by Crippen LogP contribution is 2.26. The number of aromatic amines is 1. The molecular weight excluding hydrogens is 310 g/mol. The van der Waals surface area contributed by atoms with Crippen molar-refractivity contribution in [3.63, 3.8) is 0 Å². The van der Waals surface area contributed by atoms with E-state index in [0.717, 1.165) is 27.7 Å². The molecule has 0 radical (unpaired) electrons. The lowest BCUT2D eigenvalue weighted by molar-refractivity contribution is -0.384. The summed E-state index contributed by atoms with van der Waals surface area (Å²) in [5, 5.41) is 20.4. The Kier molecular flexibility index (Phi) is 4.01. The fourth-order valence-electron chi connectivity index (χ4n) is 2.76. The highest BCUT2D eigenvalue weighted by Gasteiger charge is 2.13. The first-order valence-corrected chi connectivity index (χ1v) is 7.28. The number of fused-ring (bicyclic) bond motifs is 1. The number of hydrogen-bond donors (Lipinski definition) is 3. The van der Waals surface area contributed by atoms with Crippen molar-refractivity contribution < 1.29 is 14.9 Å². The van der Waals surface area contributed by atoms with E-state index in [-0.39, 0.29) is 5.69 Å². The number of rotatable bonds is 4. The topological polar surface area (TPSA) is 108 Å². The molecule has 0 spiro atoms. The van der Waals surface area contributed by atoms with Crippen molar-refractivity contribution in [1.29, 1.82) is 0 Å². The van der Waals surface area contributed by atoms with E-state index in [9.17, 15) is 14.9 Å². The van der Waals surface area contributed by atoms with Gasteiger partial charge in [0.1, 0.15) is 0 Å². The number of hydroxylamine groups is 1. The normalized spacial score (nSPS) is 10.8. The number of amides is 1. The van der Waals surface area contributed by atoms with Crippen LogP contribution in [0.15, 0.2) is 42.5 Å². The molecule has 0 bridgehead atoms. The minimum Gasteiger partial charge on any atom is -0.358 e. The summed E-state index contributed by atoms with van der Waals surface area (Å²) in [6.07, 6.45) is 0.577. The second kappa shape index (κ2) is 6.13. The first kappa shape index (κ1) is 15.7. The molecule has 3 rings (SSSR count). The van der Waals surface area contributed by atoms with Crippen molar-refractivity contribution in [2.45, 2.75) is 13.3 Å². The molecule has 0 fully saturated rings. The maximum atomic E-state index is 11.6. The molecule has 0 saturated carbocycles. The van der Waals surface area contributed by atoms with Crippen molar-refractivity contribution >= 4 is 22.5 Å². The van der Waals surface area contributed by atoms with Gasteiger partial charge >= 0.3 is 0 Å². The van der Waals surface area contributed by atoms with Gasteiger partial charge in [-0.3, -0.25) is 20.1 Å². The van der Waals surface area contributed by atoms with Gasteiger partial charge in [0.05, 0.1) is 4.92 Å². The van der Waals surface area contributed by atoms with E-state index in [1.165, 1.54) is 12.1 Å². The van der Waals surface area contributed by atoms with Crippen LogP contribution in [-0.2, 0) is 6.42 Å². The van der Waals surface area contributed by atoms with Gasteiger partial charge in [-0.2, -0.15) is 0 Å². The number of benzene rings is 2. The number of non-ortho nitro benzene ring substituents is 1. The van der Waals surface area contributed by atoms with E-state index in [1.54, 1.807) is 35.8 Å². The number of hydrogen-bond acceptors (Lipinski definition) is 4. The van der Waals surface area contributed by atoms with E-state index < -0.39 is 10.8 Å². The predicted molar refractivity (Wildman–Crippen MR) is 88.2 cm³/mol. The van der Waals surface area contributed by atoms with Crippen LogP contribution in [0.4, 0.5) is 5.69 Å². The zero-order valence-corrected chi connectivity index (χ0v) is 12.9. The van der Waals surface area contributed by atoms with E-state index in [1.807, 2.05) is 6.92 Å². The summed E-state index contributed by atoms with van der Waals surface area (Å²) in [7, 11) is 0. The van der Waals surface area contributed by atoms with Crippen LogP contribution in [0.3, 0.4) is 0 Å². The van der Waals surface area contributed by atoms with Crippen LogP contribution < -0.4 is 5.48 Å². The average molecular weight is 325 g/mol. The van der Waals surface area contributed by atoms with Gasteiger partial charge in [0, 0.05) is 34.3 Å². The van der Waals surface area contributed by atoms with Crippen LogP contribution in [0.5, 0.6) is 0 Å². The van der Waals surface area contributed by atoms with Crippen LogP contribution in [-0.4, -0.2) is 21.0 Å². The lowest BCUT2D eigenvalue weighted by Crippen LogP contribution is -2.18. The van der Waals surface area contributed by atoms with Gasteiger partial charge in [0.15, 0.2) is 0 Å². The number of nitro groups is 1. The summed E-state index contributed by atoms with van der Waals surface area (Å²) in [6, 6.07) is 11.5. The van der Waals surface area contributed by atoms with Gasteiger partial charge in [-0.05, 0) is 42.7 Å². The standard InChI is InChI=1S/C17H15N3O4/c1-10-14(8-11-2-5-13(6-3-11)20(23)24)15-9-12(17(21)19-22)4-7-16(15)18-10/h2-7,9,18,22H,8H2,1H3,(H,19,21). The molecule has 1 amide bonds. The lowest BCUT2D eigenvalue weighted by Gasteiger charge is -2.04. The van der Waals surface area contributed by atoms with Crippen molar-refractivity contribution in [3.05, 3.63) is 75.0 Å². The SMILES string of the molecule is Cc1[nH]c2ccc(C(=O)NO)cc2c1Cc1ccc([N+](=O)[O-])cc1. The molecular formula is C17H15N3O4. The molecule has 2 aromatic carbocycles. The Labute approximate surface area is 137 Å². The zero-order chi connectivity index (χ0) is 17.3. The number of nitrogens with zero attached hydrogens (tertiary/aromatic N) is 1. The third-order valence-electron chi connectivity index (χ3n) is 4.01. The molecule has 0 unspecified atom stereocenters. The predicted octanol–water partition coefficient (Wildman–Crippen LogP) is 3.09. The number of aromatic nitrogens is 1. The van der Waals surface area contributed by atoms with Crippen LogP contribution in [0.1, 0.15) is 27.2 Å². The van der Waals surface area contributed by atoms with Gasteiger partial charge in [-0.1, -0.05) is 12.1 Å². The maximum absolute atomic E-state index is 11.6. The van der Waals surface area contributed by atoms with E-state index >= 15 is 0 Å². The Hall–Kier alpha value is -3.19. The number of nitrogens with one attached hydrogen (secondary N) is 2. The molecule has 1 heterocycles. The van der Waals surface area contributed by atoms with Crippen molar-refractivity contribution in [3.8, 4) is 0 Å². The van der Waals surface area contributed by atoms with Gasteiger partial charge < -0.3 is 4.98 Å². The number of H-pyrrole nitrogens is 1. The Morgan fingerprint density at radius 2 is 1.96 bits per heavy atom. The first-order valence-electron chi connectivity index (χ1n) is 7.28. The summed E-state index contributed by atoms with van der Waals surface area (Å²) in [6.45, 7) is 1.94. The van der Waals surface area contributed by atoms with Crippen molar-refractivity contribution in [2.75, 3.05) is 0 Å². The molecule has 7 nitrogen and oxygen atoms in total. The highest BCUT2D eigenvalue weighted by atomic mass is 16.6. The van der Waals surface area contributed by atoms with Crippen LogP contribution in [0.25, 0.3) is 10.9 Å². The zero-order valence-electron chi connectivity index (χ0n) is 12.9. The average Bonchev–Trinajstić information content (AvgIpc) is 2.89. The maximum Gasteiger partial charge on any atom is 0.274 e. The first-order chi connectivity index (χ1) is 11.5. The fraction of sp³-hybridized carbons (Fsp3) is 0.118. The van der Waals surface area contributed by atoms with E-state index in [2.05, 4.69) is 4.98 Å². The molecule has 3 N–H and O–H groups in total. The lowest BCUT2D eigenvalue weighted by atomic mass is 10.0. The summed E-state index contributed by atoms with van der Waals surface area (Å²) in [4.78, 5) is 25.2. The highest BCUT2D eigenvalue weighted by molar-refractivity contribution is 5.98. The Balaban J connectivity index is 2.00. The minimum absolute atomic E-state index is 0.0521. The van der Waals surface area contributed by atoms with E-state index in [0.29, 0.717) is 12.0 Å². The second-order valence-corrected chi connectivity index (χ2v) is 5.53. The largest absolute Gasteiger partial charge is 0.358 e. The van der Waals surface area contributed by atoms with Crippen molar-refractivity contribution in [1.82, 2.24) is 10.5 Å². The molecule has 0 atom stereocenters. The summed E-state index contributed by atoms with van der Waals surface area (Å²) in [5.41, 5.74) is 5.82. The minimum atomic E-state index is -0.572. The fourth-order valence-corrected chi connectivity index (χ4v) is 2.76. The van der Waals surface area contributed by atoms with Gasteiger partial charge in [0.2, 0.25) is 0 Å². The number of carbonyl (C=O) groups is 1. The molecule has 0 saturated heterocycles. The Bertz CT molecular complexity index is 929. The Morgan fingerprint density at radius 3 is 2.58 bits per heavy atom. The molecule has 7 heteroatoms. The summed E-state index contributed by atoms with van der Waals surface area (Å²) < 4.78 is 0. The van der Waals surface area contributed by atoms with E-state index in [4.69, 9.17) is 5.21 Å². The van der Waals surface area contributed by atoms with Gasteiger partial charge in [-0.15, -0.1) is 0 Å². The molecule has 24 heavy (non-hydrogen) atoms. The third kappa shape index (κ3) is 2.84. The summed E-state index contributed by atoms with van der Waals surface area (Å²) in [5.74, 6) is -0.572. The number of nitro benzene ring substituents is 1. The third-order valence-corrected chi connectivity index (χ3v) is 4.01. The second-order valence-electron chi connectivity index (χ2n) is 5.53. The van der Waals surface area contributed by atoms with Crippen LogP contribution in [0.2, 0.25) is 0 Å². The Morgan fingerprint density at radius 1 is 1.25 bits per heavy atom. The molecule has 122 valence electrons. The smallest absolute Gasteiger partial charge is 0.274 e. The van der Waals surface area contributed by atoms with Gasteiger partial charge in [0.25, 0.3) is 11.6 Å². The van der Waals surface area contributed by atoms with Crippen molar-refractivity contribution in [2.24, 2.45) is 0 Å². The monoisotopic (exact) mass is 325 g/mol. The molecule has 0 aliphatic carbocycles. The van der Waals surface area contributed by atoms with Crippen LogP contribution >= 0.6 is 0 Å². The summed E-state index contributed by atoms with van der Waals surface area (Å²) >= 11 is 0. The van der Waals surface area contributed by atoms with Crippen LogP contribution in [0, 0.1) is 17.0 Å². The molecule has 3 aromatic rings. The quantitative estimate of drug-likeness (QED) is 0.389. The molecule has 0 aliphatic heterocycles. The number of aryl methyl sites for hydroxylation is 1. The molecule has 1 aromatic heterocycles. The molecule has 0 aliphatic rings. The van der Waals surface area contributed by atoms with Gasteiger partial charge in [-0.25, -0.2) is 5.48 Å². The number of carbonyl (C=O) groups excluding carboxylic acids is 1.